The Morgan fingerprint density at radius 1 is 1.00 bits per heavy atom. The fourth-order valence-corrected chi connectivity index (χ4v) is 1.45. The van der Waals surface area contributed by atoms with Crippen LogP contribution in [-0.4, -0.2) is 18.1 Å². The molecule has 0 radical (unpaired) electrons. The van der Waals surface area contributed by atoms with E-state index in [0.29, 0.717) is 0 Å². The minimum atomic E-state index is 0.765. The number of hydrazine groups is 1. The highest BCUT2D eigenvalue weighted by molar-refractivity contribution is 4.53. The third-order valence-corrected chi connectivity index (χ3v) is 2.54. The highest BCUT2D eigenvalue weighted by Gasteiger charge is 2.00. The van der Waals surface area contributed by atoms with Gasteiger partial charge in [-0.1, -0.05) is 46.5 Å². The highest BCUT2D eigenvalue weighted by atomic mass is 15.4. The number of nitrogens with two attached hydrogens (primary N) is 1. The molecule has 0 fully saturated rings. The van der Waals surface area contributed by atoms with Gasteiger partial charge >= 0.3 is 0 Å². The summed E-state index contributed by atoms with van der Waals surface area (Å²) in [6.45, 7) is 8.85. The van der Waals surface area contributed by atoms with Gasteiger partial charge in [0.25, 0.3) is 0 Å². The lowest BCUT2D eigenvalue weighted by molar-refractivity contribution is 0.259. The number of unbranched alkanes of at least 4 members (excludes halogenated alkanes) is 4. The topological polar surface area (TPSA) is 29.3 Å². The number of rotatable bonds is 9. The molecule has 0 saturated carbocycles. The zero-order valence-electron chi connectivity index (χ0n) is 10.3. The first-order valence-electron chi connectivity index (χ1n) is 6.16. The molecule has 0 aliphatic carbocycles. The summed E-state index contributed by atoms with van der Waals surface area (Å²) in [6, 6.07) is 0. The van der Waals surface area contributed by atoms with E-state index in [4.69, 9.17) is 5.84 Å². The lowest BCUT2D eigenvalue weighted by atomic mass is 10.1. The van der Waals surface area contributed by atoms with Gasteiger partial charge in [-0.2, -0.15) is 0 Å². The first kappa shape index (κ1) is 13.9. The molecule has 2 heteroatoms. The Balaban J connectivity index is 3.14. The second-order valence-electron chi connectivity index (χ2n) is 4.63. The van der Waals surface area contributed by atoms with Crippen molar-refractivity contribution >= 4 is 0 Å². The Hall–Kier alpha value is -0.0800. The molecule has 0 atom stereocenters. The minimum absolute atomic E-state index is 0.765. The Bertz CT molecular complexity index is 113. The number of hydrogen-bond acceptors (Lipinski definition) is 2. The SMILES string of the molecule is CCCCCCCN(N)CCC(C)C. The van der Waals surface area contributed by atoms with Gasteiger partial charge in [0.2, 0.25) is 0 Å². The third kappa shape index (κ3) is 10.0. The average Bonchev–Trinajstić information content (AvgIpc) is 2.14. The van der Waals surface area contributed by atoms with Gasteiger partial charge in [-0.15, -0.1) is 0 Å². The van der Waals surface area contributed by atoms with Crippen LogP contribution in [-0.2, 0) is 0 Å². The zero-order chi connectivity index (χ0) is 10.8. The van der Waals surface area contributed by atoms with Crippen LogP contribution in [0.15, 0.2) is 0 Å². The maximum atomic E-state index is 5.87. The van der Waals surface area contributed by atoms with E-state index in [1.54, 1.807) is 0 Å². The summed E-state index contributed by atoms with van der Waals surface area (Å²) < 4.78 is 0. The van der Waals surface area contributed by atoms with E-state index in [1.165, 1.54) is 38.5 Å². The van der Waals surface area contributed by atoms with Gasteiger partial charge in [0.15, 0.2) is 0 Å². The predicted molar refractivity (Wildman–Crippen MR) is 64.0 cm³/mol. The van der Waals surface area contributed by atoms with Crippen molar-refractivity contribution in [2.75, 3.05) is 13.1 Å². The summed E-state index contributed by atoms with van der Waals surface area (Å²) in [4.78, 5) is 0. The van der Waals surface area contributed by atoms with Crippen LogP contribution in [0.4, 0.5) is 0 Å². The molecule has 86 valence electrons. The standard InChI is InChI=1S/C12H28N2/c1-4-5-6-7-8-10-14(13)11-9-12(2)3/h12H,4-11,13H2,1-3H3. The number of hydrogen-bond donors (Lipinski definition) is 1. The molecule has 0 rings (SSSR count). The highest BCUT2D eigenvalue weighted by Crippen LogP contribution is 2.04. The largest absolute Gasteiger partial charge is 0.269 e. The second kappa shape index (κ2) is 9.47. The maximum absolute atomic E-state index is 5.87. The molecule has 0 aromatic heterocycles. The molecule has 0 spiro atoms. The van der Waals surface area contributed by atoms with Gasteiger partial charge in [-0.05, 0) is 18.8 Å². The van der Waals surface area contributed by atoms with E-state index < -0.39 is 0 Å². The molecule has 0 aliphatic heterocycles. The molecule has 0 bridgehead atoms. The van der Waals surface area contributed by atoms with Crippen molar-refractivity contribution in [1.29, 1.82) is 0 Å². The van der Waals surface area contributed by atoms with Gasteiger partial charge in [0.05, 0.1) is 0 Å². The lowest BCUT2D eigenvalue weighted by Gasteiger charge is -2.17. The van der Waals surface area contributed by atoms with Gasteiger partial charge < -0.3 is 0 Å². The van der Waals surface area contributed by atoms with Crippen molar-refractivity contribution in [2.45, 2.75) is 59.3 Å². The molecule has 2 nitrogen and oxygen atoms in total. The van der Waals surface area contributed by atoms with Crippen molar-refractivity contribution in [2.24, 2.45) is 11.8 Å². The fraction of sp³-hybridized carbons (Fsp3) is 1.00. The van der Waals surface area contributed by atoms with Crippen LogP contribution in [0.25, 0.3) is 0 Å². The van der Waals surface area contributed by atoms with Crippen molar-refractivity contribution in [1.82, 2.24) is 5.01 Å². The molecular formula is C12H28N2. The van der Waals surface area contributed by atoms with Crippen molar-refractivity contribution in [3.8, 4) is 0 Å². The van der Waals surface area contributed by atoms with Crippen LogP contribution in [0.3, 0.4) is 0 Å². The molecule has 0 amide bonds. The normalized spacial score (nSPS) is 11.6. The molecule has 0 heterocycles. The van der Waals surface area contributed by atoms with E-state index >= 15 is 0 Å². The average molecular weight is 200 g/mol. The minimum Gasteiger partial charge on any atom is -0.269 e. The summed E-state index contributed by atoms with van der Waals surface area (Å²) in [5.74, 6) is 6.63. The van der Waals surface area contributed by atoms with E-state index in [-0.39, 0.29) is 0 Å². The first-order chi connectivity index (χ1) is 6.66. The molecular weight excluding hydrogens is 172 g/mol. The monoisotopic (exact) mass is 200 g/mol. The summed E-state index contributed by atoms with van der Waals surface area (Å²) in [7, 11) is 0. The molecule has 0 saturated heterocycles. The van der Waals surface area contributed by atoms with Crippen LogP contribution in [0.1, 0.15) is 59.3 Å². The molecule has 14 heavy (non-hydrogen) atoms. The van der Waals surface area contributed by atoms with E-state index in [1.807, 2.05) is 5.01 Å². The Morgan fingerprint density at radius 2 is 1.64 bits per heavy atom. The van der Waals surface area contributed by atoms with Gasteiger partial charge in [-0.3, -0.25) is 5.84 Å². The molecule has 0 aromatic rings. The van der Waals surface area contributed by atoms with Crippen LogP contribution < -0.4 is 5.84 Å². The third-order valence-electron chi connectivity index (χ3n) is 2.54. The van der Waals surface area contributed by atoms with Gasteiger partial charge in [0.1, 0.15) is 0 Å². The van der Waals surface area contributed by atoms with Crippen LogP contribution in [0.2, 0.25) is 0 Å². The maximum Gasteiger partial charge on any atom is 0.0131 e. The lowest BCUT2D eigenvalue weighted by Crippen LogP contribution is -2.33. The second-order valence-corrected chi connectivity index (χ2v) is 4.63. The van der Waals surface area contributed by atoms with Crippen molar-refractivity contribution in [3.63, 3.8) is 0 Å². The van der Waals surface area contributed by atoms with Gasteiger partial charge in [0, 0.05) is 13.1 Å². The van der Waals surface area contributed by atoms with Crippen molar-refractivity contribution in [3.05, 3.63) is 0 Å². The van der Waals surface area contributed by atoms with Crippen LogP contribution in [0.5, 0.6) is 0 Å². The van der Waals surface area contributed by atoms with E-state index in [2.05, 4.69) is 20.8 Å². The van der Waals surface area contributed by atoms with Crippen LogP contribution >= 0.6 is 0 Å². The quantitative estimate of drug-likeness (QED) is 0.352. The van der Waals surface area contributed by atoms with Crippen LogP contribution in [0, 0.1) is 5.92 Å². The number of nitrogens with zero attached hydrogens (tertiary/aromatic N) is 1. The van der Waals surface area contributed by atoms with Gasteiger partial charge in [-0.25, -0.2) is 5.01 Å². The smallest absolute Gasteiger partial charge is 0.0131 e. The summed E-state index contributed by atoms with van der Waals surface area (Å²) in [6.07, 6.45) is 7.87. The summed E-state index contributed by atoms with van der Waals surface area (Å²) in [5, 5.41) is 1.98. The predicted octanol–water partition coefficient (Wildman–Crippen LogP) is 3.18. The molecule has 0 unspecified atom stereocenters. The van der Waals surface area contributed by atoms with Crippen molar-refractivity contribution < 1.29 is 0 Å². The summed E-state index contributed by atoms with van der Waals surface area (Å²) >= 11 is 0. The Labute approximate surface area is 89.8 Å². The molecule has 0 aromatic carbocycles. The molecule has 0 aliphatic rings. The summed E-state index contributed by atoms with van der Waals surface area (Å²) in [5.41, 5.74) is 0. The molecule has 2 N–H and O–H groups in total. The fourth-order valence-electron chi connectivity index (χ4n) is 1.45. The van der Waals surface area contributed by atoms with E-state index in [9.17, 15) is 0 Å². The zero-order valence-corrected chi connectivity index (χ0v) is 10.3. The Kier molecular flexibility index (Phi) is 9.42. The Morgan fingerprint density at radius 3 is 2.21 bits per heavy atom. The van der Waals surface area contributed by atoms with E-state index in [0.717, 1.165) is 19.0 Å². The first-order valence-corrected chi connectivity index (χ1v) is 6.16.